The lowest BCUT2D eigenvalue weighted by molar-refractivity contribution is -0.137. The van der Waals surface area contributed by atoms with Gasteiger partial charge in [0, 0.05) is 6.07 Å². The Morgan fingerprint density at radius 2 is 1.74 bits per heavy atom. The Bertz CT molecular complexity index is 1020. The van der Waals surface area contributed by atoms with Crippen LogP contribution in [0.3, 0.4) is 0 Å². The number of hydrogen-bond acceptors (Lipinski definition) is 5. The van der Waals surface area contributed by atoms with Gasteiger partial charge in [0.05, 0.1) is 21.8 Å². The monoisotopic (exact) mass is 432 g/mol. The summed E-state index contributed by atoms with van der Waals surface area (Å²) >= 11 is 17.9. The molecule has 27 heavy (non-hydrogen) atoms. The average molecular weight is 434 g/mol. The van der Waals surface area contributed by atoms with Crippen LogP contribution in [0.15, 0.2) is 34.6 Å². The van der Waals surface area contributed by atoms with E-state index in [1.54, 1.807) is 12.1 Å². The third kappa shape index (κ3) is 4.52. The number of rotatable bonds is 3. The van der Waals surface area contributed by atoms with Crippen LogP contribution in [0.4, 0.5) is 13.2 Å². The van der Waals surface area contributed by atoms with Crippen LogP contribution in [0.5, 0.6) is 0 Å². The molecular formula is C15H6Cl3F3N6. The van der Waals surface area contributed by atoms with E-state index in [0.29, 0.717) is 12.1 Å². The van der Waals surface area contributed by atoms with Crippen molar-refractivity contribution in [3.8, 4) is 17.8 Å². The Morgan fingerprint density at radius 3 is 2.22 bits per heavy atom. The Kier molecular flexibility index (Phi) is 6.01. The number of benzene rings is 1. The van der Waals surface area contributed by atoms with Crippen molar-refractivity contribution in [2.24, 2.45) is 10.7 Å². The van der Waals surface area contributed by atoms with Gasteiger partial charge in [0.25, 0.3) is 0 Å². The molecule has 0 fully saturated rings. The number of nitrogens with two attached hydrogens (primary N) is 1. The molecule has 0 amide bonds. The number of nitrogens with zero attached hydrogens (tertiary/aromatic N) is 5. The van der Waals surface area contributed by atoms with Gasteiger partial charge in [-0.15, -0.1) is 0 Å². The number of allylic oxidation sites excluding steroid dienone is 2. The highest BCUT2D eigenvalue weighted by atomic mass is 35.5. The third-order valence-corrected chi connectivity index (χ3v) is 3.89. The molecule has 2 rings (SSSR count). The van der Waals surface area contributed by atoms with Gasteiger partial charge in [-0.05, 0) is 12.1 Å². The molecule has 0 saturated carbocycles. The van der Waals surface area contributed by atoms with Crippen LogP contribution in [0.2, 0.25) is 15.2 Å². The summed E-state index contributed by atoms with van der Waals surface area (Å²) < 4.78 is 39.5. The molecule has 2 aromatic rings. The fourth-order valence-electron chi connectivity index (χ4n) is 1.87. The number of hydrogen-bond donors (Lipinski definition) is 1. The molecule has 2 N–H and O–H groups in total. The highest BCUT2D eigenvalue weighted by Crippen LogP contribution is 2.38. The molecular weight excluding hydrogens is 428 g/mol. The van der Waals surface area contributed by atoms with E-state index in [9.17, 15) is 13.2 Å². The standard InChI is InChI=1S/C15H6Cl3F3N6/c16-9-1-7(15(19,20)21)2-10(17)14(9)27-13(18)3-8(26-27)6-25-12(5-23)11(24)4-22/h1-3,6H,24H2. The van der Waals surface area contributed by atoms with Gasteiger partial charge >= 0.3 is 6.18 Å². The fourth-order valence-corrected chi connectivity index (χ4v) is 2.75. The van der Waals surface area contributed by atoms with E-state index in [1.165, 1.54) is 6.07 Å². The van der Waals surface area contributed by atoms with Gasteiger partial charge < -0.3 is 5.73 Å². The Balaban J connectivity index is 2.50. The fraction of sp³-hybridized carbons (Fsp3) is 0.0667. The molecule has 0 saturated heterocycles. The van der Waals surface area contributed by atoms with Crippen molar-refractivity contribution in [2.75, 3.05) is 0 Å². The van der Waals surface area contributed by atoms with Crippen molar-refractivity contribution >= 4 is 41.0 Å². The summed E-state index contributed by atoms with van der Waals surface area (Å²) in [6, 6.07) is 5.89. The summed E-state index contributed by atoms with van der Waals surface area (Å²) in [4.78, 5) is 3.72. The molecule has 6 nitrogen and oxygen atoms in total. The van der Waals surface area contributed by atoms with Crippen molar-refractivity contribution in [1.29, 1.82) is 10.5 Å². The van der Waals surface area contributed by atoms with Gasteiger partial charge in [0.15, 0.2) is 5.70 Å². The van der Waals surface area contributed by atoms with Crippen LogP contribution in [-0.2, 0) is 6.18 Å². The van der Waals surface area contributed by atoms with Gasteiger partial charge in [0.2, 0.25) is 0 Å². The summed E-state index contributed by atoms with van der Waals surface area (Å²) in [6.45, 7) is 0. The molecule has 0 unspecified atom stereocenters. The number of alkyl halides is 3. The first-order chi connectivity index (χ1) is 12.6. The molecule has 1 aromatic carbocycles. The largest absolute Gasteiger partial charge is 0.416 e. The highest BCUT2D eigenvalue weighted by molar-refractivity contribution is 6.38. The number of nitriles is 2. The molecule has 1 heterocycles. The van der Waals surface area contributed by atoms with E-state index in [4.69, 9.17) is 51.1 Å². The van der Waals surface area contributed by atoms with E-state index in [0.717, 1.165) is 10.9 Å². The summed E-state index contributed by atoms with van der Waals surface area (Å²) in [7, 11) is 0. The highest BCUT2D eigenvalue weighted by Gasteiger charge is 2.32. The van der Waals surface area contributed by atoms with Gasteiger partial charge in [-0.2, -0.15) is 28.8 Å². The molecule has 0 aliphatic rings. The van der Waals surface area contributed by atoms with E-state index in [1.807, 2.05) is 0 Å². The van der Waals surface area contributed by atoms with Crippen LogP contribution >= 0.6 is 34.8 Å². The molecule has 0 aliphatic carbocycles. The van der Waals surface area contributed by atoms with Crippen molar-refractivity contribution in [3.63, 3.8) is 0 Å². The Morgan fingerprint density at radius 1 is 1.15 bits per heavy atom. The Labute approximate surface area is 165 Å². The lowest BCUT2D eigenvalue weighted by Gasteiger charge is -2.12. The first kappa shape index (κ1) is 20.6. The minimum Gasteiger partial charge on any atom is -0.388 e. The lowest BCUT2D eigenvalue weighted by atomic mass is 10.2. The molecule has 0 atom stereocenters. The van der Waals surface area contributed by atoms with Crippen molar-refractivity contribution < 1.29 is 13.2 Å². The lowest BCUT2D eigenvalue weighted by Crippen LogP contribution is -2.07. The minimum absolute atomic E-state index is 0.0317. The summed E-state index contributed by atoms with van der Waals surface area (Å²) in [5.74, 6) is 0. The molecule has 138 valence electrons. The number of halogens is 6. The summed E-state index contributed by atoms with van der Waals surface area (Å²) in [5.41, 5.74) is 3.60. The topological polar surface area (TPSA) is 104 Å². The van der Waals surface area contributed by atoms with Crippen LogP contribution in [-0.4, -0.2) is 16.0 Å². The maximum Gasteiger partial charge on any atom is 0.416 e. The van der Waals surface area contributed by atoms with E-state index in [-0.39, 0.29) is 32.3 Å². The molecule has 0 spiro atoms. The van der Waals surface area contributed by atoms with E-state index >= 15 is 0 Å². The molecule has 0 aliphatic heterocycles. The van der Waals surface area contributed by atoms with Gasteiger partial charge in [-0.1, -0.05) is 34.8 Å². The van der Waals surface area contributed by atoms with Crippen LogP contribution in [0, 0.1) is 22.7 Å². The van der Waals surface area contributed by atoms with Gasteiger partial charge in [-0.25, -0.2) is 9.67 Å². The summed E-state index contributed by atoms with van der Waals surface area (Å²) in [5, 5.41) is 20.9. The second kappa shape index (κ2) is 7.89. The van der Waals surface area contributed by atoms with Crippen molar-refractivity contribution in [1.82, 2.24) is 9.78 Å². The molecule has 0 bridgehead atoms. The smallest absolute Gasteiger partial charge is 0.388 e. The molecule has 1 aromatic heterocycles. The predicted molar refractivity (Wildman–Crippen MR) is 93.6 cm³/mol. The first-order valence-corrected chi connectivity index (χ1v) is 7.88. The average Bonchev–Trinajstić information content (AvgIpc) is 2.94. The quantitative estimate of drug-likeness (QED) is 0.569. The summed E-state index contributed by atoms with van der Waals surface area (Å²) in [6.07, 6.45) is -3.53. The van der Waals surface area contributed by atoms with Crippen LogP contribution in [0.25, 0.3) is 5.69 Å². The second-order valence-corrected chi connectivity index (χ2v) is 6.04. The van der Waals surface area contributed by atoms with Crippen LogP contribution < -0.4 is 5.73 Å². The van der Waals surface area contributed by atoms with E-state index in [2.05, 4.69) is 10.1 Å². The molecule has 0 radical (unpaired) electrons. The zero-order chi connectivity index (χ0) is 20.4. The number of aromatic nitrogens is 2. The zero-order valence-electron chi connectivity index (χ0n) is 12.9. The zero-order valence-corrected chi connectivity index (χ0v) is 15.2. The van der Waals surface area contributed by atoms with Crippen LogP contribution in [0.1, 0.15) is 11.3 Å². The third-order valence-electron chi connectivity index (χ3n) is 3.05. The Hall–Kier alpha value is -2.72. The van der Waals surface area contributed by atoms with Crippen molar-refractivity contribution in [3.05, 3.63) is 56.0 Å². The predicted octanol–water partition coefficient (Wildman–Crippen LogP) is 4.49. The normalized spacial score (nSPS) is 12.6. The van der Waals surface area contributed by atoms with Crippen molar-refractivity contribution in [2.45, 2.75) is 6.18 Å². The van der Waals surface area contributed by atoms with Gasteiger partial charge in [0.1, 0.15) is 34.4 Å². The molecule has 12 heteroatoms. The first-order valence-electron chi connectivity index (χ1n) is 6.74. The minimum atomic E-state index is -4.63. The van der Waals surface area contributed by atoms with E-state index < -0.39 is 17.4 Å². The van der Waals surface area contributed by atoms with Gasteiger partial charge in [-0.3, -0.25) is 0 Å². The number of aliphatic imine (C=N–C) groups is 1. The second-order valence-electron chi connectivity index (χ2n) is 4.83. The SMILES string of the molecule is N#CC(N)=C(C#N)N=Cc1cc(Cl)n(-c2c(Cl)cc(C(F)(F)F)cc2Cl)n1. The maximum absolute atomic E-state index is 12.8. The maximum atomic E-state index is 12.8.